The molecule has 4 heteroatoms. The van der Waals surface area contributed by atoms with Gasteiger partial charge in [-0.25, -0.2) is 0 Å². The second-order valence-corrected chi connectivity index (χ2v) is 4.09. The molecule has 0 aromatic heterocycles. The number of benzene rings is 1. The quantitative estimate of drug-likeness (QED) is 0.805. The molecule has 2 rings (SSSR count). The summed E-state index contributed by atoms with van der Waals surface area (Å²) in [6.07, 6.45) is 2.65. The zero-order valence-corrected chi connectivity index (χ0v) is 9.46. The van der Waals surface area contributed by atoms with Crippen molar-refractivity contribution in [3.8, 4) is 5.75 Å². The summed E-state index contributed by atoms with van der Waals surface area (Å²) >= 11 is 0. The lowest BCUT2D eigenvalue weighted by Crippen LogP contribution is -2.37. The van der Waals surface area contributed by atoms with Crippen LogP contribution in [0, 0.1) is 0 Å². The van der Waals surface area contributed by atoms with Crippen LogP contribution in [-0.4, -0.2) is 35.3 Å². The monoisotopic (exact) mass is 234 g/mol. The van der Waals surface area contributed by atoms with Crippen LogP contribution in [0.5, 0.6) is 5.75 Å². The number of hydrogen-bond donors (Lipinski definition) is 2. The highest BCUT2D eigenvalue weighted by Gasteiger charge is 2.43. The molecule has 0 fully saturated rings. The van der Waals surface area contributed by atoms with E-state index in [2.05, 4.69) is 0 Å². The predicted octanol–water partition coefficient (Wildman–Crippen LogP) is 0.641. The third-order valence-electron chi connectivity index (χ3n) is 3.00. The van der Waals surface area contributed by atoms with Crippen LogP contribution in [0.3, 0.4) is 0 Å². The minimum Gasteiger partial charge on any atom is -0.497 e. The van der Waals surface area contributed by atoms with Gasteiger partial charge in [-0.05, 0) is 29.8 Å². The third-order valence-corrected chi connectivity index (χ3v) is 3.00. The van der Waals surface area contributed by atoms with Crippen LogP contribution in [0.1, 0.15) is 11.5 Å². The lowest BCUT2D eigenvalue weighted by atomic mass is 9.84. The number of ether oxygens (including phenoxy) is 1. The van der Waals surface area contributed by atoms with Gasteiger partial charge in [-0.1, -0.05) is 12.1 Å². The molecule has 0 aliphatic heterocycles. The molecule has 1 unspecified atom stereocenters. The van der Waals surface area contributed by atoms with Gasteiger partial charge in [0.25, 0.3) is 0 Å². The number of rotatable bonds is 3. The largest absolute Gasteiger partial charge is 0.497 e. The smallest absolute Gasteiger partial charge is 0.166 e. The molecule has 4 nitrogen and oxygen atoms in total. The van der Waals surface area contributed by atoms with Crippen molar-refractivity contribution in [1.29, 1.82) is 0 Å². The molecular weight excluding hydrogens is 220 g/mol. The fourth-order valence-corrected chi connectivity index (χ4v) is 2.08. The first kappa shape index (κ1) is 11.8. The van der Waals surface area contributed by atoms with E-state index in [9.17, 15) is 15.0 Å². The van der Waals surface area contributed by atoms with Gasteiger partial charge >= 0.3 is 0 Å². The molecule has 0 saturated carbocycles. The van der Waals surface area contributed by atoms with Crippen molar-refractivity contribution in [3.05, 3.63) is 42.0 Å². The molecule has 0 saturated heterocycles. The van der Waals surface area contributed by atoms with Gasteiger partial charge in [0, 0.05) is 0 Å². The topological polar surface area (TPSA) is 66.8 Å². The van der Waals surface area contributed by atoms with Crippen molar-refractivity contribution in [1.82, 2.24) is 0 Å². The molecule has 1 aromatic rings. The van der Waals surface area contributed by atoms with Crippen molar-refractivity contribution in [2.75, 3.05) is 13.7 Å². The van der Waals surface area contributed by atoms with E-state index >= 15 is 0 Å². The van der Waals surface area contributed by atoms with Gasteiger partial charge in [0.05, 0.1) is 19.6 Å². The van der Waals surface area contributed by atoms with Crippen LogP contribution in [0.15, 0.2) is 36.4 Å². The van der Waals surface area contributed by atoms with E-state index in [1.165, 1.54) is 19.3 Å². The summed E-state index contributed by atoms with van der Waals surface area (Å²) in [5.74, 6) is -0.361. The van der Waals surface area contributed by atoms with Gasteiger partial charge in [-0.15, -0.1) is 0 Å². The summed E-state index contributed by atoms with van der Waals surface area (Å²) in [6.45, 7) is -0.489. The summed E-state index contributed by atoms with van der Waals surface area (Å²) in [6, 6.07) is 6.93. The Kier molecular flexibility index (Phi) is 3.00. The molecule has 0 spiro atoms. The molecule has 0 bridgehead atoms. The maximum atomic E-state index is 11.8. The van der Waals surface area contributed by atoms with E-state index in [-0.39, 0.29) is 5.78 Å². The molecule has 2 atom stereocenters. The SMILES string of the molecule is COc1cccc(C2C(=O)C=C[C@@]2(O)CO)c1. The first-order valence-electron chi connectivity index (χ1n) is 5.31. The zero-order valence-electron chi connectivity index (χ0n) is 9.46. The Morgan fingerprint density at radius 1 is 1.47 bits per heavy atom. The first-order valence-corrected chi connectivity index (χ1v) is 5.31. The normalized spacial score (nSPS) is 27.5. The Morgan fingerprint density at radius 2 is 2.24 bits per heavy atom. The molecule has 17 heavy (non-hydrogen) atoms. The fourth-order valence-electron chi connectivity index (χ4n) is 2.08. The number of hydrogen-bond acceptors (Lipinski definition) is 4. The zero-order chi connectivity index (χ0) is 12.5. The van der Waals surface area contributed by atoms with E-state index in [0.29, 0.717) is 11.3 Å². The van der Waals surface area contributed by atoms with Gasteiger partial charge in [0.1, 0.15) is 11.4 Å². The highest BCUT2D eigenvalue weighted by atomic mass is 16.5. The molecule has 2 N–H and O–H groups in total. The predicted molar refractivity (Wildman–Crippen MR) is 61.9 cm³/mol. The van der Waals surface area contributed by atoms with Crippen molar-refractivity contribution in [2.24, 2.45) is 0 Å². The van der Waals surface area contributed by atoms with Crippen LogP contribution in [0.25, 0.3) is 0 Å². The molecule has 1 aromatic carbocycles. The number of methoxy groups -OCH3 is 1. The van der Waals surface area contributed by atoms with Crippen molar-refractivity contribution in [3.63, 3.8) is 0 Å². The van der Waals surface area contributed by atoms with E-state index in [1.807, 2.05) is 0 Å². The molecule has 0 amide bonds. The highest BCUT2D eigenvalue weighted by Crippen LogP contribution is 2.36. The van der Waals surface area contributed by atoms with Gasteiger partial charge in [-0.2, -0.15) is 0 Å². The van der Waals surface area contributed by atoms with Crippen LogP contribution < -0.4 is 4.74 Å². The lowest BCUT2D eigenvalue weighted by Gasteiger charge is -2.26. The number of carbonyl (C=O) groups is 1. The first-order chi connectivity index (χ1) is 8.10. The summed E-state index contributed by atoms with van der Waals surface area (Å²) < 4.78 is 5.08. The van der Waals surface area contributed by atoms with Crippen molar-refractivity contribution >= 4 is 5.78 Å². The molecule has 1 aliphatic rings. The van der Waals surface area contributed by atoms with Gasteiger partial charge in [-0.3, -0.25) is 4.79 Å². The molecule has 0 heterocycles. The van der Waals surface area contributed by atoms with Gasteiger partial charge < -0.3 is 14.9 Å². The van der Waals surface area contributed by atoms with Gasteiger partial charge in [0.2, 0.25) is 0 Å². The van der Waals surface area contributed by atoms with E-state index in [1.54, 1.807) is 24.3 Å². The molecule has 90 valence electrons. The van der Waals surface area contributed by atoms with Crippen molar-refractivity contribution < 1.29 is 19.7 Å². The average molecular weight is 234 g/mol. The third kappa shape index (κ3) is 1.97. The second kappa shape index (κ2) is 4.31. The molecular formula is C13H14O4. The highest BCUT2D eigenvalue weighted by molar-refractivity contribution is 5.99. The Hall–Kier alpha value is -1.65. The summed E-state index contributed by atoms with van der Waals surface area (Å²) in [5.41, 5.74) is -0.875. The molecule has 0 radical (unpaired) electrons. The summed E-state index contributed by atoms with van der Waals surface area (Å²) in [5, 5.41) is 19.4. The van der Waals surface area contributed by atoms with E-state index < -0.39 is 18.1 Å². The Morgan fingerprint density at radius 3 is 2.88 bits per heavy atom. The maximum absolute atomic E-state index is 11.8. The van der Waals surface area contributed by atoms with Crippen LogP contribution in [0.2, 0.25) is 0 Å². The lowest BCUT2D eigenvalue weighted by molar-refractivity contribution is -0.119. The summed E-state index contributed by atoms with van der Waals surface area (Å²) in [7, 11) is 1.53. The van der Waals surface area contributed by atoms with E-state index in [4.69, 9.17) is 4.74 Å². The molecule has 1 aliphatic carbocycles. The minimum atomic E-state index is -1.51. The minimum absolute atomic E-state index is 0.213. The van der Waals surface area contributed by atoms with Crippen LogP contribution in [-0.2, 0) is 4.79 Å². The van der Waals surface area contributed by atoms with Crippen LogP contribution >= 0.6 is 0 Å². The number of aliphatic hydroxyl groups is 2. The van der Waals surface area contributed by atoms with E-state index in [0.717, 1.165) is 0 Å². The average Bonchev–Trinajstić information content (AvgIpc) is 2.66. The fraction of sp³-hybridized carbons (Fsp3) is 0.308. The second-order valence-electron chi connectivity index (χ2n) is 4.09. The Labute approximate surface area is 99.2 Å². The van der Waals surface area contributed by atoms with Gasteiger partial charge in [0.15, 0.2) is 5.78 Å². The number of aliphatic hydroxyl groups excluding tert-OH is 1. The number of allylic oxidation sites excluding steroid dienone is 1. The van der Waals surface area contributed by atoms with Crippen LogP contribution in [0.4, 0.5) is 0 Å². The Bertz CT molecular complexity index is 466. The maximum Gasteiger partial charge on any atom is 0.166 e. The summed E-state index contributed by atoms with van der Waals surface area (Å²) in [4.78, 5) is 11.8. The van der Waals surface area contributed by atoms with Crippen molar-refractivity contribution in [2.45, 2.75) is 11.5 Å². The Balaban J connectivity index is 2.41. The number of carbonyl (C=O) groups excluding carboxylic acids is 1. The standard InChI is InChI=1S/C13H14O4/c1-17-10-4-2-3-9(7-10)12-11(15)5-6-13(12,16)8-14/h2-7,12,14,16H,8H2,1H3/t12?,13-/m1/s1. The number of ketones is 1.